The number of hydrogen-bond donors (Lipinski definition) is 3. The lowest BCUT2D eigenvalue weighted by molar-refractivity contribution is -0.125. The van der Waals surface area contributed by atoms with Gasteiger partial charge in [-0.25, -0.2) is 4.98 Å². The van der Waals surface area contributed by atoms with E-state index in [-0.39, 0.29) is 29.5 Å². The van der Waals surface area contributed by atoms with Crippen molar-refractivity contribution in [2.24, 2.45) is 10.7 Å². The van der Waals surface area contributed by atoms with Crippen molar-refractivity contribution >= 4 is 29.2 Å². The van der Waals surface area contributed by atoms with E-state index in [0.717, 1.165) is 11.3 Å². The zero-order valence-electron chi connectivity index (χ0n) is 22.5. The summed E-state index contributed by atoms with van der Waals surface area (Å²) in [4.78, 5) is 35.3. The van der Waals surface area contributed by atoms with E-state index in [1.54, 1.807) is 35.2 Å². The highest BCUT2D eigenvalue weighted by Crippen LogP contribution is 2.29. The minimum absolute atomic E-state index is 0.136. The normalized spacial score (nSPS) is 15.3. The lowest BCUT2D eigenvalue weighted by atomic mass is 9.97. The van der Waals surface area contributed by atoms with Crippen LogP contribution >= 0.6 is 0 Å². The quantitative estimate of drug-likeness (QED) is 0.222. The topological polar surface area (TPSA) is 136 Å². The number of pyridine rings is 1. The fourth-order valence-electron chi connectivity index (χ4n) is 4.67. The highest BCUT2D eigenvalue weighted by molar-refractivity contribution is 6.05. The van der Waals surface area contributed by atoms with Gasteiger partial charge in [-0.2, -0.15) is 0 Å². The van der Waals surface area contributed by atoms with Gasteiger partial charge < -0.3 is 26.4 Å². The van der Waals surface area contributed by atoms with Gasteiger partial charge in [0.25, 0.3) is 5.91 Å². The minimum atomic E-state index is -0.257. The highest BCUT2D eigenvalue weighted by Gasteiger charge is 2.25. The van der Waals surface area contributed by atoms with Crippen LogP contribution in [0.3, 0.4) is 0 Å². The number of likely N-dealkylation sites (tertiary alicyclic amines) is 1. The Kier molecular flexibility index (Phi) is 8.29. The number of anilines is 2. The predicted molar refractivity (Wildman–Crippen MR) is 154 cm³/mol. The standard InChI is InChI=1S/C30H34N6O3/c1-5-26(37)36-14-12-22(17-36)34-29(32)27-25(11-13-33-28(27)31)39-23-8-6-7-20(16-23)30(38)35-21-9-10-24(18(2)3)19(4)15-21/h5-11,13,15-16,18,22H,1,12,14,17H2,2-4H3,(H2,31,33)(H2,32,34)(H,35,38). The maximum atomic E-state index is 13.0. The molecule has 0 bridgehead atoms. The molecule has 2 amide bonds. The van der Waals surface area contributed by atoms with Crippen LogP contribution < -0.4 is 21.5 Å². The van der Waals surface area contributed by atoms with Crippen molar-refractivity contribution in [1.29, 1.82) is 0 Å². The summed E-state index contributed by atoms with van der Waals surface area (Å²) < 4.78 is 6.12. The Labute approximate surface area is 228 Å². The molecule has 1 unspecified atom stereocenters. The summed E-state index contributed by atoms with van der Waals surface area (Å²) in [6.45, 7) is 10.9. The molecular formula is C30H34N6O3. The Morgan fingerprint density at radius 2 is 2.03 bits per heavy atom. The first-order chi connectivity index (χ1) is 18.7. The van der Waals surface area contributed by atoms with Gasteiger partial charge in [0.15, 0.2) is 0 Å². The molecular weight excluding hydrogens is 492 g/mol. The van der Waals surface area contributed by atoms with Crippen molar-refractivity contribution in [3.05, 3.63) is 89.6 Å². The van der Waals surface area contributed by atoms with Crippen molar-refractivity contribution in [1.82, 2.24) is 9.88 Å². The summed E-state index contributed by atoms with van der Waals surface area (Å²) >= 11 is 0. The molecule has 0 saturated carbocycles. The molecule has 1 aliphatic heterocycles. The van der Waals surface area contributed by atoms with Crippen LogP contribution in [0.5, 0.6) is 11.5 Å². The summed E-state index contributed by atoms with van der Waals surface area (Å²) in [7, 11) is 0. The van der Waals surface area contributed by atoms with Gasteiger partial charge >= 0.3 is 0 Å². The number of carbonyl (C=O) groups is 2. The molecule has 4 rings (SSSR count). The molecule has 3 aromatic rings. The first-order valence-electron chi connectivity index (χ1n) is 12.9. The summed E-state index contributed by atoms with van der Waals surface area (Å²) in [5.74, 6) is 1.14. The largest absolute Gasteiger partial charge is 0.456 e. The fourth-order valence-corrected chi connectivity index (χ4v) is 4.67. The molecule has 1 aliphatic rings. The van der Waals surface area contributed by atoms with E-state index >= 15 is 0 Å². The monoisotopic (exact) mass is 526 g/mol. The number of ether oxygens (including phenoxy) is 1. The van der Waals surface area contributed by atoms with E-state index in [1.165, 1.54) is 17.8 Å². The van der Waals surface area contributed by atoms with Crippen LogP contribution in [-0.4, -0.2) is 46.7 Å². The summed E-state index contributed by atoms with van der Waals surface area (Å²) in [6, 6.07) is 14.2. The summed E-state index contributed by atoms with van der Waals surface area (Å²) in [5, 5.41) is 2.95. The van der Waals surface area contributed by atoms with E-state index in [0.29, 0.717) is 48.1 Å². The van der Waals surface area contributed by atoms with Crippen LogP contribution in [0.2, 0.25) is 0 Å². The van der Waals surface area contributed by atoms with Crippen molar-refractivity contribution in [2.75, 3.05) is 24.1 Å². The van der Waals surface area contributed by atoms with Crippen LogP contribution in [0.25, 0.3) is 0 Å². The van der Waals surface area contributed by atoms with Crippen molar-refractivity contribution in [3.63, 3.8) is 0 Å². The first kappa shape index (κ1) is 27.4. The van der Waals surface area contributed by atoms with Crippen LogP contribution in [0.1, 0.15) is 53.2 Å². The maximum absolute atomic E-state index is 13.0. The maximum Gasteiger partial charge on any atom is 0.255 e. The van der Waals surface area contributed by atoms with Gasteiger partial charge in [-0.15, -0.1) is 0 Å². The number of nitrogens with two attached hydrogens (primary N) is 2. The number of rotatable bonds is 8. The van der Waals surface area contributed by atoms with E-state index in [9.17, 15) is 9.59 Å². The Morgan fingerprint density at radius 1 is 1.23 bits per heavy atom. The third-order valence-electron chi connectivity index (χ3n) is 6.64. The third kappa shape index (κ3) is 6.43. The Morgan fingerprint density at radius 3 is 2.74 bits per heavy atom. The molecule has 39 heavy (non-hydrogen) atoms. The average molecular weight is 527 g/mol. The van der Waals surface area contributed by atoms with Gasteiger partial charge in [0.2, 0.25) is 5.91 Å². The van der Waals surface area contributed by atoms with Gasteiger partial charge in [-0.05, 0) is 66.8 Å². The predicted octanol–water partition coefficient (Wildman–Crippen LogP) is 4.63. The van der Waals surface area contributed by atoms with Gasteiger partial charge in [0.05, 0.1) is 6.04 Å². The molecule has 1 atom stereocenters. The van der Waals surface area contributed by atoms with Crippen molar-refractivity contribution < 1.29 is 14.3 Å². The van der Waals surface area contributed by atoms with Gasteiger partial charge in [-0.3, -0.25) is 14.6 Å². The van der Waals surface area contributed by atoms with E-state index in [4.69, 9.17) is 16.2 Å². The number of carbonyl (C=O) groups excluding carboxylic acids is 2. The van der Waals surface area contributed by atoms with Crippen LogP contribution in [0, 0.1) is 6.92 Å². The van der Waals surface area contributed by atoms with Gasteiger partial charge in [0.1, 0.15) is 28.7 Å². The number of aromatic nitrogens is 1. The molecule has 0 aliphatic carbocycles. The SMILES string of the molecule is C=CC(=O)N1CCC(N=C(N)c2c(Oc3cccc(C(=O)Nc4ccc(C(C)C)c(C)c4)c3)ccnc2N)C1. The smallest absolute Gasteiger partial charge is 0.255 e. The number of hydrogen-bond acceptors (Lipinski definition) is 6. The molecule has 1 aromatic heterocycles. The van der Waals surface area contributed by atoms with Gasteiger partial charge in [-0.1, -0.05) is 32.6 Å². The molecule has 202 valence electrons. The molecule has 9 heteroatoms. The number of benzene rings is 2. The first-order valence-corrected chi connectivity index (χ1v) is 12.9. The van der Waals surface area contributed by atoms with Gasteiger partial charge in [0, 0.05) is 36.6 Å². The number of amides is 2. The molecule has 2 aromatic carbocycles. The third-order valence-corrected chi connectivity index (χ3v) is 6.64. The summed E-state index contributed by atoms with van der Waals surface area (Å²) in [6.07, 6.45) is 3.48. The zero-order valence-corrected chi connectivity index (χ0v) is 22.5. The molecule has 9 nitrogen and oxygen atoms in total. The lowest BCUT2D eigenvalue weighted by Crippen LogP contribution is -2.28. The minimum Gasteiger partial charge on any atom is -0.456 e. The lowest BCUT2D eigenvalue weighted by Gasteiger charge is -2.15. The molecule has 1 saturated heterocycles. The Balaban J connectivity index is 1.52. The second-order valence-electron chi connectivity index (χ2n) is 9.82. The molecule has 5 N–H and O–H groups in total. The number of aliphatic imine (C=N–C) groups is 1. The number of amidine groups is 1. The highest BCUT2D eigenvalue weighted by atomic mass is 16.5. The zero-order chi connectivity index (χ0) is 28.1. The summed E-state index contributed by atoms with van der Waals surface area (Å²) in [5.41, 5.74) is 16.4. The van der Waals surface area contributed by atoms with E-state index in [1.807, 2.05) is 25.1 Å². The molecule has 0 radical (unpaired) electrons. The number of aryl methyl sites for hydroxylation is 1. The van der Waals surface area contributed by atoms with Crippen molar-refractivity contribution in [3.8, 4) is 11.5 Å². The molecule has 2 heterocycles. The van der Waals surface area contributed by atoms with E-state index in [2.05, 4.69) is 35.7 Å². The number of nitrogens with zero attached hydrogens (tertiary/aromatic N) is 3. The number of nitrogens with one attached hydrogen (secondary N) is 1. The van der Waals surface area contributed by atoms with Crippen molar-refractivity contribution in [2.45, 2.75) is 39.2 Å². The second kappa shape index (κ2) is 11.8. The van der Waals surface area contributed by atoms with Crippen LogP contribution in [0.15, 0.2) is 72.4 Å². The molecule has 1 fully saturated rings. The van der Waals surface area contributed by atoms with E-state index < -0.39 is 0 Å². The fraction of sp³-hybridized carbons (Fsp3) is 0.267. The Hall–Kier alpha value is -4.66. The van der Waals surface area contributed by atoms with Crippen LogP contribution in [0.4, 0.5) is 11.5 Å². The Bertz CT molecular complexity index is 1430. The molecule has 0 spiro atoms. The van der Waals surface area contributed by atoms with Crippen LogP contribution in [-0.2, 0) is 4.79 Å². The number of nitrogen functional groups attached to an aromatic ring is 1. The average Bonchev–Trinajstić information content (AvgIpc) is 3.36. The second-order valence-corrected chi connectivity index (χ2v) is 9.82.